The number of carbonyl (C=O) groups is 1. The summed E-state index contributed by atoms with van der Waals surface area (Å²) < 4.78 is 0. The number of amides is 1. The van der Waals surface area contributed by atoms with Crippen LogP contribution in [0.5, 0.6) is 0 Å². The lowest BCUT2D eigenvalue weighted by molar-refractivity contribution is 0.102. The number of hydrogen-bond acceptors (Lipinski definition) is 2. The number of hydrogen-bond donors (Lipinski definition) is 2. The maximum absolute atomic E-state index is 11.9. The predicted octanol–water partition coefficient (Wildman–Crippen LogP) is 2.71. The van der Waals surface area contributed by atoms with Gasteiger partial charge in [-0.3, -0.25) is 4.79 Å². The Kier molecular flexibility index (Phi) is 3.75. The minimum absolute atomic E-state index is 0.101. The second-order valence-electron chi connectivity index (χ2n) is 4.22. The predicted molar refractivity (Wildman–Crippen MR) is 73.5 cm³/mol. The highest BCUT2D eigenvalue weighted by Crippen LogP contribution is 2.11. The van der Waals surface area contributed by atoms with E-state index in [1.54, 1.807) is 0 Å². The Balaban J connectivity index is 2.08. The van der Waals surface area contributed by atoms with E-state index in [0.29, 0.717) is 12.1 Å². The van der Waals surface area contributed by atoms with Crippen molar-refractivity contribution in [2.24, 2.45) is 5.73 Å². The van der Waals surface area contributed by atoms with Crippen LogP contribution in [0.3, 0.4) is 0 Å². The molecule has 0 fully saturated rings. The van der Waals surface area contributed by atoms with Gasteiger partial charge >= 0.3 is 0 Å². The molecule has 0 atom stereocenters. The van der Waals surface area contributed by atoms with Gasteiger partial charge in [0.1, 0.15) is 0 Å². The molecule has 0 heterocycles. The maximum Gasteiger partial charge on any atom is 0.255 e. The molecule has 0 bridgehead atoms. The van der Waals surface area contributed by atoms with Crippen LogP contribution in [-0.2, 0) is 6.54 Å². The molecule has 0 aliphatic carbocycles. The van der Waals surface area contributed by atoms with Gasteiger partial charge in [-0.25, -0.2) is 0 Å². The van der Waals surface area contributed by atoms with Crippen molar-refractivity contribution in [3.05, 3.63) is 65.2 Å². The first kappa shape index (κ1) is 12.3. The van der Waals surface area contributed by atoms with Crippen LogP contribution in [0.25, 0.3) is 0 Å². The van der Waals surface area contributed by atoms with Gasteiger partial charge in [0, 0.05) is 17.8 Å². The molecule has 0 aliphatic rings. The van der Waals surface area contributed by atoms with Gasteiger partial charge in [-0.1, -0.05) is 29.8 Å². The summed E-state index contributed by atoms with van der Waals surface area (Å²) in [6.07, 6.45) is 0. The maximum atomic E-state index is 11.9. The third kappa shape index (κ3) is 2.96. The molecule has 0 radical (unpaired) electrons. The molecule has 2 aromatic rings. The summed E-state index contributed by atoms with van der Waals surface area (Å²) in [7, 11) is 0. The summed E-state index contributed by atoms with van der Waals surface area (Å²) in [5.41, 5.74) is 9.13. The summed E-state index contributed by atoms with van der Waals surface area (Å²) in [6, 6.07) is 15.0. The Morgan fingerprint density at radius 1 is 1.06 bits per heavy atom. The fourth-order valence-corrected chi connectivity index (χ4v) is 1.63. The highest BCUT2D eigenvalue weighted by molar-refractivity contribution is 6.04. The number of carbonyl (C=O) groups excluding carboxylic acids is 1. The second-order valence-corrected chi connectivity index (χ2v) is 4.22. The van der Waals surface area contributed by atoms with Crippen LogP contribution in [0.4, 0.5) is 5.69 Å². The number of aryl methyl sites for hydroxylation is 1. The zero-order chi connectivity index (χ0) is 13.0. The normalized spacial score (nSPS) is 10.1. The van der Waals surface area contributed by atoms with Crippen molar-refractivity contribution in [1.82, 2.24) is 0 Å². The summed E-state index contributed by atoms with van der Waals surface area (Å²) in [5, 5.41) is 2.85. The molecular weight excluding hydrogens is 224 g/mol. The standard InChI is InChI=1S/C15H16N2O/c1-11-2-6-13(7-3-11)15(18)17-14-8-4-12(10-16)5-9-14/h2-9H,10,16H2,1H3,(H,17,18). The Morgan fingerprint density at radius 3 is 2.22 bits per heavy atom. The van der Waals surface area contributed by atoms with Crippen molar-refractivity contribution in [2.75, 3.05) is 5.32 Å². The van der Waals surface area contributed by atoms with E-state index in [0.717, 1.165) is 16.8 Å². The van der Waals surface area contributed by atoms with Gasteiger partial charge < -0.3 is 11.1 Å². The van der Waals surface area contributed by atoms with E-state index in [1.807, 2.05) is 55.5 Å². The molecule has 92 valence electrons. The molecule has 3 N–H and O–H groups in total. The first-order valence-electron chi connectivity index (χ1n) is 5.86. The van der Waals surface area contributed by atoms with Crippen LogP contribution in [0.1, 0.15) is 21.5 Å². The van der Waals surface area contributed by atoms with E-state index in [1.165, 1.54) is 0 Å². The van der Waals surface area contributed by atoms with Gasteiger partial charge in [0.25, 0.3) is 5.91 Å². The van der Waals surface area contributed by atoms with Crippen LogP contribution in [0.2, 0.25) is 0 Å². The highest BCUT2D eigenvalue weighted by atomic mass is 16.1. The summed E-state index contributed by atoms with van der Waals surface area (Å²) in [5.74, 6) is -0.101. The van der Waals surface area contributed by atoms with Gasteiger partial charge in [0.2, 0.25) is 0 Å². The van der Waals surface area contributed by atoms with Crippen LogP contribution in [0.15, 0.2) is 48.5 Å². The molecule has 2 aromatic carbocycles. The molecule has 0 unspecified atom stereocenters. The SMILES string of the molecule is Cc1ccc(C(=O)Nc2ccc(CN)cc2)cc1. The lowest BCUT2D eigenvalue weighted by atomic mass is 10.1. The van der Waals surface area contributed by atoms with Crippen LogP contribution >= 0.6 is 0 Å². The van der Waals surface area contributed by atoms with Gasteiger partial charge in [0.05, 0.1) is 0 Å². The van der Waals surface area contributed by atoms with Crippen molar-refractivity contribution in [3.63, 3.8) is 0 Å². The summed E-state index contributed by atoms with van der Waals surface area (Å²) in [4.78, 5) is 11.9. The average Bonchev–Trinajstić information content (AvgIpc) is 2.40. The molecule has 0 saturated heterocycles. The van der Waals surface area contributed by atoms with E-state index >= 15 is 0 Å². The Labute approximate surface area is 107 Å². The fourth-order valence-electron chi connectivity index (χ4n) is 1.63. The van der Waals surface area contributed by atoms with Gasteiger partial charge in [0.15, 0.2) is 0 Å². The average molecular weight is 240 g/mol. The minimum Gasteiger partial charge on any atom is -0.326 e. The Bertz CT molecular complexity index is 529. The first-order chi connectivity index (χ1) is 8.69. The monoisotopic (exact) mass is 240 g/mol. The summed E-state index contributed by atoms with van der Waals surface area (Å²) in [6.45, 7) is 2.50. The largest absolute Gasteiger partial charge is 0.326 e. The number of anilines is 1. The zero-order valence-corrected chi connectivity index (χ0v) is 10.3. The number of nitrogens with one attached hydrogen (secondary N) is 1. The number of nitrogens with two attached hydrogens (primary N) is 1. The molecule has 3 heteroatoms. The topological polar surface area (TPSA) is 55.1 Å². The molecule has 0 aromatic heterocycles. The fraction of sp³-hybridized carbons (Fsp3) is 0.133. The van der Waals surface area contributed by atoms with Crippen molar-refractivity contribution in [2.45, 2.75) is 13.5 Å². The molecule has 2 rings (SSSR count). The van der Waals surface area contributed by atoms with E-state index < -0.39 is 0 Å². The minimum atomic E-state index is -0.101. The Hall–Kier alpha value is -2.13. The van der Waals surface area contributed by atoms with Gasteiger partial charge in [-0.15, -0.1) is 0 Å². The highest BCUT2D eigenvalue weighted by Gasteiger charge is 2.05. The molecule has 0 aliphatic heterocycles. The van der Waals surface area contributed by atoms with Crippen LogP contribution in [-0.4, -0.2) is 5.91 Å². The van der Waals surface area contributed by atoms with Gasteiger partial charge in [-0.05, 0) is 36.8 Å². The van der Waals surface area contributed by atoms with Crippen LogP contribution < -0.4 is 11.1 Å². The quantitative estimate of drug-likeness (QED) is 0.866. The molecule has 0 saturated carbocycles. The molecule has 1 amide bonds. The summed E-state index contributed by atoms with van der Waals surface area (Å²) >= 11 is 0. The lowest BCUT2D eigenvalue weighted by Crippen LogP contribution is -2.11. The van der Waals surface area contributed by atoms with Gasteiger partial charge in [-0.2, -0.15) is 0 Å². The Morgan fingerprint density at radius 2 is 1.67 bits per heavy atom. The van der Waals surface area contributed by atoms with E-state index in [-0.39, 0.29) is 5.91 Å². The zero-order valence-electron chi connectivity index (χ0n) is 10.3. The molecule has 0 spiro atoms. The first-order valence-corrected chi connectivity index (χ1v) is 5.86. The van der Waals surface area contributed by atoms with Crippen molar-refractivity contribution < 1.29 is 4.79 Å². The molecule has 3 nitrogen and oxygen atoms in total. The molecule has 18 heavy (non-hydrogen) atoms. The van der Waals surface area contributed by atoms with Crippen molar-refractivity contribution in [3.8, 4) is 0 Å². The second kappa shape index (κ2) is 5.47. The smallest absolute Gasteiger partial charge is 0.255 e. The van der Waals surface area contributed by atoms with Crippen LogP contribution in [0, 0.1) is 6.92 Å². The number of rotatable bonds is 3. The van der Waals surface area contributed by atoms with E-state index in [2.05, 4.69) is 5.32 Å². The lowest BCUT2D eigenvalue weighted by Gasteiger charge is -2.06. The van der Waals surface area contributed by atoms with Crippen molar-refractivity contribution in [1.29, 1.82) is 0 Å². The third-order valence-electron chi connectivity index (χ3n) is 2.76. The van der Waals surface area contributed by atoms with E-state index in [9.17, 15) is 4.79 Å². The third-order valence-corrected chi connectivity index (χ3v) is 2.76. The molecular formula is C15H16N2O. The number of benzene rings is 2. The van der Waals surface area contributed by atoms with E-state index in [4.69, 9.17) is 5.73 Å². The van der Waals surface area contributed by atoms with Crippen molar-refractivity contribution >= 4 is 11.6 Å².